The second-order valence-electron chi connectivity index (χ2n) is 13.9. The Labute approximate surface area is 321 Å². The molecule has 14 heteroatoms. The first-order valence-electron chi connectivity index (χ1n) is 17.9. The number of aromatic hydroxyl groups is 1. The minimum absolute atomic E-state index is 0.0163. The van der Waals surface area contributed by atoms with Gasteiger partial charge in [0.15, 0.2) is 11.5 Å². The van der Waals surface area contributed by atoms with Crippen molar-refractivity contribution in [2.75, 3.05) is 31.1 Å². The second-order valence-corrected chi connectivity index (χ2v) is 14.7. The normalized spacial score (nSPS) is 19.6. The molecule has 3 aliphatic heterocycles. The van der Waals surface area contributed by atoms with Gasteiger partial charge in [0, 0.05) is 25.4 Å². The van der Waals surface area contributed by atoms with E-state index in [-0.39, 0.29) is 63.5 Å². The summed E-state index contributed by atoms with van der Waals surface area (Å²) in [5.41, 5.74) is 1.90. The summed E-state index contributed by atoms with van der Waals surface area (Å²) in [6, 6.07) is 17.5. The van der Waals surface area contributed by atoms with Gasteiger partial charge in [-0.15, -0.1) is 0 Å². The number of fused-ring (bicyclic) bond motifs is 3. The van der Waals surface area contributed by atoms with E-state index in [4.69, 9.17) is 42.1 Å². The molecule has 10 nitrogen and oxygen atoms in total. The Bertz CT molecular complexity index is 1960. The van der Waals surface area contributed by atoms with Gasteiger partial charge in [-0.2, -0.15) is 8.78 Å². The number of rotatable bonds is 14. The number of phenolic OH excluding ortho intramolecular Hbond substituents is 1. The predicted molar refractivity (Wildman–Crippen MR) is 198 cm³/mol. The van der Waals surface area contributed by atoms with E-state index < -0.39 is 24.8 Å². The molecule has 3 aromatic carbocycles. The summed E-state index contributed by atoms with van der Waals surface area (Å²) in [6.45, 7) is -0.118. The maximum Gasteiger partial charge on any atom is 0.415 e. The maximum absolute atomic E-state index is 13.9. The Morgan fingerprint density at radius 3 is 2.39 bits per heavy atom. The van der Waals surface area contributed by atoms with Gasteiger partial charge >= 0.3 is 18.7 Å². The zero-order chi connectivity index (χ0) is 37.8. The number of benzene rings is 3. The lowest BCUT2D eigenvalue weighted by Crippen LogP contribution is -2.53. The van der Waals surface area contributed by atoms with Gasteiger partial charge in [-0.05, 0) is 104 Å². The van der Waals surface area contributed by atoms with E-state index in [9.17, 15) is 23.5 Å². The van der Waals surface area contributed by atoms with Crippen LogP contribution in [-0.2, 0) is 22.4 Å². The quantitative estimate of drug-likeness (QED) is 0.126. The molecule has 1 saturated carbocycles. The number of amides is 1. The Balaban J connectivity index is 1.15. The van der Waals surface area contributed by atoms with Crippen molar-refractivity contribution in [2.45, 2.75) is 57.5 Å². The number of phenols is 1. The smallest absolute Gasteiger partial charge is 0.415 e. The van der Waals surface area contributed by atoms with Gasteiger partial charge in [0.2, 0.25) is 0 Å². The van der Waals surface area contributed by atoms with Gasteiger partial charge in [0.05, 0.1) is 34.4 Å². The number of ether oxygens (including phenoxy) is 4. The highest BCUT2D eigenvalue weighted by atomic mass is 35.5. The van der Waals surface area contributed by atoms with Crippen molar-refractivity contribution in [3.8, 4) is 17.2 Å². The lowest BCUT2D eigenvalue weighted by molar-refractivity contribution is -0.0515. The van der Waals surface area contributed by atoms with E-state index >= 15 is 0 Å². The summed E-state index contributed by atoms with van der Waals surface area (Å²) in [6.07, 6.45) is 4.88. The van der Waals surface area contributed by atoms with Crippen molar-refractivity contribution < 1.29 is 42.4 Å². The van der Waals surface area contributed by atoms with Crippen molar-refractivity contribution in [2.24, 2.45) is 11.8 Å². The Morgan fingerprint density at radius 2 is 1.70 bits per heavy atom. The highest BCUT2D eigenvalue weighted by molar-refractivity contribution is 6.35. The highest BCUT2D eigenvalue weighted by Crippen LogP contribution is 2.39. The molecule has 0 unspecified atom stereocenters. The Morgan fingerprint density at radius 1 is 0.944 bits per heavy atom. The summed E-state index contributed by atoms with van der Waals surface area (Å²) >= 11 is 13.0. The van der Waals surface area contributed by atoms with E-state index in [0.29, 0.717) is 35.8 Å². The average molecular weight is 783 g/mol. The van der Waals surface area contributed by atoms with Crippen LogP contribution in [0.3, 0.4) is 0 Å². The lowest BCUT2D eigenvalue weighted by Gasteiger charge is -2.44. The van der Waals surface area contributed by atoms with E-state index in [1.807, 2.05) is 0 Å². The largest absolute Gasteiger partial charge is 0.506 e. The molecule has 1 aromatic heterocycles. The number of carbonyl (C=O) groups excluding carboxylic acids is 2. The van der Waals surface area contributed by atoms with Gasteiger partial charge in [0.25, 0.3) is 0 Å². The molecule has 1 N–H and O–H groups in total. The standard InChI is InChI=1S/C40H39Cl2F2N3O7/c41-30-19-45-20-31(42)29(30)18-35(27-10-11-34(53-39(43)44)36(17-27)51-23-24-8-9-24)52-38(49)28-5-3-4-25(16-28)21-47(32-6-1-2-7-33(32)48)40(50)54-37-22-46-14-12-26(37)13-15-46/h1-7,10-11,16-17,19-20,24,26,35,37,39,48H,8-9,12-15,18,21-23H2/t35-,37-/m0/s1. The number of hydrogen-bond acceptors (Lipinski definition) is 9. The van der Waals surface area contributed by atoms with Crippen LogP contribution in [-0.4, -0.2) is 66.0 Å². The third-order valence-electron chi connectivity index (χ3n) is 10.1. The highest BCUT2D eigenvalue weighted by Gasteiger charge is 2.38. The molecule has 54 heavy (non-hydrogen) atoms. The minimum Gasteiger partial charge on any atom is -0.506 e. The van der Waals surface area contributed by atoms with E-state index in [2.05, 4.69) is 9.88 Å². The SMILES string of the molecule is O=C(O[C@@H](Cc1c(Cl)cncc1Cl)c1ccc(OC(F)F)c(OCC2CC2)c1)c1cccc(CN(C(=O)O[C@H]2CN3CCC2CC3)c2ccccc2O)c1. The number of halogens is 4. The molecule has 2 atom stereocenters. The Hall–Kier alpha value is -4.65. The molecule has 1 amide bonds. The number of para-hydroxylation sites is 2. The molecule has 4 heterocycles. The van der Waals surface area contributed by atoms with E-state index in [1.165, 1.54) is 41.6 Å². The third-order valence-corrected chi connectivity index (χ3v) is 10.7. The molecular weight excluding hydrogens is 743 g/mol. The van der Waals surface area contributed by atoms with Crippen molar-refractivity contribution >= 4 is 41.0 Å². The van der Waals surface area contributed by atoms with E-state index in [0.717, 1.165) is 38.8 Å². The number of pyridine rings is 1. The van der Waals surface area contributed by atoms with Crippen LogP contribution in [0.1, 0.15) is 58.8 Å². The maximum atomic E-state index is 13.9. The van der Waals surface area contributed by atoms with Gasteiger partial charge < -0.3 is 24.1 Å². The van der Waals surface area contributed by atoms with Crippen molar-refractivity contribution in [3.63, 3.8) is 0 Å². The number of hydrogen-bond donors (Lipinski definition) is 1. The van der Waals surface area contributed by atoms with Crippen LogP contribution in [0.15, 0.2) is 79.1 Å². The van der Waals surface area contributed by atoms with Crippen LogP contribution in [0.25, 0.3) is 0 Å². The van der Waals surface area contributed by atoms with Gasteiger partial charge in [-0.25, -0.2) is 9.59 Å². The van der Waals surface area contributed by atoms with Crippen LogP contribution in [0.2, 0.25) is 10.0 Å². The van der Waals surface area contributed by atoms with Crippen molar-refractivity contribution in [1.29, 1.82) is 0 Å². The van der Waals surface area contributed by atoms with Crippen LogP contribution in [0.5, 0.6) is 17.2 Å². The summed E-state index contributed by atoms with van der Waals surface area (Å²) in [7, 11) is 0. The van der Waals surface area contributed by atoms with Crippen LogP contribution >= 0.6 is 23.2 Å². The first kappa shape index (κ1) is 37.7. The molecule has 0 radical (unpaired) electrons. The second kappa shape index (κ2) is 16.8. The van der Waals surface area contributed by atoms with Crippen LogP contribution in [0, 0.1) is 11.8 Å². The molecule has 1 aliphatic carbocycles. The van der Waals surface area contributed by atoms with Crippen molar-refractivity contribution in [3.05, 3.63) is 111 Å². The zero-order valence-electron chi connectivity index (χ0n) is 29.2. The van der Waals surface area contributed by atoms with Crippen molar-refractivity contribution in [1.82, 2.24) is 9.88 Å². The fourth-order valence-corrected chi connectivity index (χ4v) is 7.44. The van der Waals surface area contributed by atoms with Gasteiger partial charge in [0.1, 0.15) is 18.0 Å². The van der Waals surface area contributed by atoms with Crippen LogP contribution < -0.4 is 14.4 Å². The molecule has 284 valence electrons. The number of carbonyl (C=O) groups is 2. The molecular formula is C40H39Cl2F2N3O7. The molecule has 8 rings (SSSR count). The number of alkyl halides is 2. The minimum atomic E-state index is -3.07. The third kappa shape index (κ3) is 9.17. The summed E-state index contributed by atoms with van der Waals surface area (Å²) < 4.78 is 49.4. The number of aromatic nitrogens is 1. The molecule has 4 fully saturated rings. The number of anilines is 1. The number of piperidine rings is 3. The molecule has 4 aliphatic rings. The van der Waals surface area contributed by atoms with Gasteiger partial charge in [-0.1, -0.05) is 53.5 Å². The number of esters is 1. The first-order valence-corrected chi connectivity index (χ1v) is 18.6. The topological polar surface area (TPSA) is 111 Å². The summed E-state index contributed by atoms with van der Waals surface area (Å²) in [5, 5.41) is 11.3. The molecule has 2 bridgehead atoms. The first-order chi connectivity index (χ1) is 26.1. The fourth-order valence-electron chi connectivity index (χ4n) is 6.92. The average Bonchev–Trinajstić information content (AvgIpc) is 4.00. The molecule has 0 spiro atoms. The Kier molecular flexibility index (Phi) is 11.7. The molecule has 3 saturated heterocycles. The predicted octanol–water partition coefficient (Wildman–Crippen LogP) is 8.86. The summed E-state index contributed by atoms with van der Waals surface area (Å²) in [5.74, 6) is -0.257. The molecule has 4 aromatic rings. The number of nitrogens with zero attached hydrogens (tertiary/aromatic N) is 3. The summed E-state index contributed by atoms with van der Waals surface area (Å²) in [4.78, 5) is 35.4. The fraction of sp³-hybridized carbons (Fsp3) is 0.375. The zero-order valence-corrected chi connectivity index (χ0v) is 30.7. The van der Waals surface area contributed by atoms with E-state index in [1.54, 1.807) is 42.5 Å². The van der Waals surface area contributed by atoms with Crippen LogP contribution in [0.4, 0.5) is 19.3 Å². The van der Waals surface area contributed by atoms with Gasteiger partial charge in [-0.3, -0.25) is 14.8 Å². The monoisotopic (exact) mass is 781 g/mol. The lowest BCUT2D eigenvalue weighted by atomic mass is 9.86.